The molecule has 3 rings (SSSR count). The van der Waals surface area contributed by atoms with E-state index in [0.29, 0.717) is 5.56 Å². The van der Waals surface area contributed by atoms with Gasteiger partial charge >= 0.3 is 11.7 Å². The number of carbonyl (C=O) groups is 1. The number of ether oxygens (including phenoxy) is 2. The predicted molar refractivity (Wildman–Crippen MR) is 99.6 cm³/mol. The van der Waals surface area contributed by atoms with E-state index in [0.717, 1.165) is 0 Å². The minimum absolute atomic E-state index is 0.0363. The standard InChI is InChI=1S/C18H17BrN2O6/c19-8-7-18(21-9-6-15(23)20-17(21)25)10-13(22)14(27-18)11-26-16(24)12-4-2-1-3-5-12/h1-9,13-14,22H,10-11H2,(H,20,23,25)/b8-7+/t13-,14+,18+/m0/s1. The second-order valence-electron chi connectivity index (χ2n) is 6.01. The Hall–Kier alpha value is -2.49. The molecule has 8 nitrogen and oxygen atoms in total. The molecule has 3 atom stereocenters. The SMILES string of the molecule is O=C(OC[C@H]1O[C@@](/C=C/Br)(n2ccc(=O)[nH]c2=O)C[C@@H]1O)c1ccccc1. The monoisotopic (exact) mass is 436 g/mol. The molecule has 0 saturated carbocycles. The molecule has 142 valence electrons. The Morgan fingerprint density at radius 3 is 2.78 bits per heavy atom. The Morgan fingerprint density at radius 2 is 2.11 bits per heavy atom. The highest BCUT2D eigenvalue weighted by Crippen LogP contribution is 2.36. The molecule has 0 aliphatic carbocycles. The highest BCUT2D eigenvalue weighted by atomic mass is 79.9. The summed E-state index contributed by atoms with van der Waals surface area (Å²) in [6, 6.07) is 9.63. The third-order valence-corrected chi connectivity index (χ3v) is 4.49. The summed E-state index contributed by atoms with van der Waals surface area (Å²) in [4.78, 5) is 39.2. The number of carbonyl (C=O) groups excluding carboxylic acids is 1. The third-order valence-electron chi connectivity index (χ3n) is 4.23. The minimum Gasteiger partial charge on any atom is -0.459 e. The first-order chi connectivity index (χ1) is 12.9. The number of nitrogens with one attached hydrogen (secondary N) is 1. The van der Waals surface area contributed by atoms with Crippen molar-refractivity contribution in [3.05, 3.63) is 80.1 Å². The van der Waals surface area contributed by atoms with Crippen LogP contribution in [0.25, 0.3) is 0 Å². The van der Waals surface area contributed by atoms with E-state index in [9.17, 15) is 19.5 Å². The van der Waals surface area contributed by atoms with Crippen LogP contribution in [0.15, 0.2) is 63.2 Å². The first-order valence-corrected chi connectivity index (χ1v) is 9.05. The normalized spacial score (nSPS) is 25.0. The van der Waals surface area contributed by atoms with E-state index >= 15 is 0 Å². The molecule has 27 heavy (non-hydrogen) atoms. The number of hydrogen-bond donors (Lipinski definition) is 2. The largest absolute Gasteiger partial charge is 0.459 e. The predicted octanol–water partition coefficient (Wildman–Crippen LogP) is 1.10. The molecule has 2 heterocycles. The summed E-state index contributed by atoms with van der Waals surface area (Å²) in [6.07, 6.45) is 1.03. The van der Waals surface area contributed by atoms with Gasteiger partial charge < -0.3 is 14.6 Å². The van der Waals surface area contributed by atoms with Crippen molar-refractivity contribution in [2.24, 2.45) is 0 Å². The molecule has 1 aromatic heterocycles. The molecule has 0 bridgehead atoms. The Labute approximate surface area is 162 Å². The summed E-state index contributed by atoms with van der Waals surface area (Å²) < 4.78 is 12.3. The summed E-state index contributed by atoms with van der Waals surface area (Å²) in [5, 5.41) is 10.4. The molecule has 1 aliphatic heterocycles. The molecule has 1 aromatic carbocycles. The summed E-state index contributed by atoms with van der Waals surface area (Å²) in [5.41, 5.74) is -2.16. The maximum atomic E-state index is 12.2. The van der Waals surface area contributed by atoms with Crippen LogP contribution in [-0.4, -0.2) is 39.4 Å². The lowest BCUT2D eigenvalue weighted by molar-refractivity contribution is -0.0922. The summed E-state index contributed by atoms with van der Waals surface area (Å²) >= 11 is 3.15. The molecule has 0 amide bonds. The molecule has 0 unspecified atom stereocenters. The molecule has 2 aromatic rings. The second-order valence-corrected chi connectivity index (χ2v) is 6.54. The van der Waals surface area contributed by atoms with Crippen LogP contribution in [0.1, 0.15) is 16.8 Å². The number of hydrogen-bond acceptors (Lipinski definition) is 6. The topological polar surface area (TPSA) is 111 Å². The van der Waals surface area contributed by atoms with Gasteiger partial charge in [0, 0.05) is 18.7 Å². The molecular formula is C18H17BrN2O6. The highest BCUT2D eigenvalue weighted by Gasteiger charge is 2.46. The van der Waals surface area contributed by atoms with Crippen LogP contribution >= 0.6 is 15.9 Å². The number of aromatic amines is 1. The van der Waals surface area contributed by atoms with Crippen molar-refractivity contribution in [3.8, 4) is 0 Å². The van der Waals surface area contributed by atoms with Crippen LogP contribution in [0.2, 0.25) is 0 Å². The Kier molecular flexibility index (Phi) is 5.73. The van der Waals surface area contributed by atoms with Gasteiger partial charge in [-0.2, -0.15) is 0 Å². The lowest BCUT2D eigenvalue weighted by Gasteiger charge is -2.27. The maximum absolute atomic E-state index is 12.2. The minimum atomic E-state index is -1.33. The van der Waals surface area contributed by atoms with Crippen LogP contribution in [0.4, 0.5) is 0 Å². The summed E-state index contributed by atoms with van der Waals surface area (Å²) in [6.45, 7) is -0.190. The van der Waals surface area contributed by atoms with Crippen LogP contribution in [0.3, 0.4) is 0 Å². The molecule has 1 fully saturated rings. The Bertz CT molecular complexity index is 954. The van der Waals surface area contributed by atoms with Gasteiger partial charge in [-0.1, -0.05) is 34.1 Å². The molecule has 2 N–H and O–H groups in total. The number of nitrogens with zero attached hydrogens (tertiary/aromatic N) is 1. The molecule has 9 heteroatoms. The van der Waals surface area contributed by atoms with Gasteiger partial charge in [0.05, 0.1) is 11.7 Å². The fourth-order valence-electron chi connectivity index (χ4n) is 2.94. The van der Waals surface area contributed by atoms with Gasteiger partial charge in [0.2, 0.25) is 0 Å². The highest BCUT2D eigenvalue weighted by molar-refractivity contribution is 9.11. The Morgan fingerprint density at radius 1 is 1.37 bits per heavy atom. The van der Waals surface area contributed by atoms with Gasteiger partial charge in [-0.25, -0.2) is 9.59 Å². The van der Waals surface area contributed by atoms with Crippen molar-refractivity contribution < 1.29 is 19.4 Å². The molecular weight excluding hydrogens is 420 g/mol. The first-order valence-electron chi connectivity index (χ1n) is 8.13. The van der Waals surface area contributed by atoms with Crippen molar-refractivity contribution in [1.82, 2.24) is 9.55 Å². The number of aliphatic hydroxyl groups excluding tert-OH is 1. The van der Waals surface area contributed by atoms with E-state index in [1.54, 1.807) is 30.3 Å². The fourth-order valence-corrected chi connectivity index (χ4v) is 3.35. The third kappa shape index (κ3) is 4.10. The number of halogens is 1. The van der Waals surface area contributed by atoms with Crippen molar-refractivity contribution in [2.75, 3.05) is 6.61 Å². The number of aliphatic hydroxyl groups is 1. The molecule has 0 radical (unpaired) electrons. The van der Waals surface area contributed by atoms with Crippen molar-refractivity contribution >= 4 is 21.9 Å². The van der Waals surface area contributed by atoms with E-state index in [1.807, 2.05) is 0 Å². The smallest absolute Gasteiger partial charge is 0.338 e. The number of benzene rings is 1. The molecule has 0 spiro atoms. The average molecular weight is 437 g/mol. The van der Waals surface area contributed by atoms with Crippen molar-refractivity contribution in [3.63, 3.8) is 0 Å². The van der Waals surface area contributed by atoms with Gasteiger partial charge in [-0.05, 0) is 23.2 Å². The van der Waals surface area contributed by atoms with Gasteiger partial charge in [-0.3, -0.25) is 14.3 Å². The van der Waals surface area contributed by atoms with Gasteiger partial charge in [0.25, 0.3) is 5.56 Å². The maximum Gasteiger partial charge on any atom is 0.338 e. The van der Waals surface area contributed by atoms with Crippen molar-refractivity contribution in [2.45, 2.75) is 24.4 Å². The van der Waals surface area contributed by atoms with Crippen LogP contribution in [-0.2, 0) is 15.2 Å². The number of aromatic nitrogens is 2. The first kappa shape index (κ1) is 19.3. The van der Waals surface area contributed by atoms with E-state index in [2.05, 4.69) is 20.9 Å². The second kappa shape index (κ2) is 8.03. The van der Waals surface area contributed by atoms with E-state index in [-0.39, 0.29) is 13.0 Å². The van der Waals surface area contributed by atoms with Gasteiger partial charge in [0.1, 0.15) is 12.7 Å². The number of esters is 1. The molecule has 1 aliphatic rings. The van der Waals surface area contributed by atoms with Crippen molar-refractivity contribution in [1.29, 1.82) is 0 Å². The lowest BCUT2D eigenvalue weighted by Crippen LogP contribution is -2.43. The molecule has 1 saturated heterocycles. The quantitative estimate of drug-likeness (QED) is 0.679. The van der Waals surface area contributed by atoms with Crippen LogP contribution in [0, 0.1) is 0 Å². The van der Waals surface area contributed by atoms with E-state index in [4.69, 9.17) is 9.47 Å². The number of rotatable bonds is 5. The Balaban J connectivity index is 1.79. The summed E-state index contributed by atoms with van der Waals surface area (Å²) in [5.74, 6) is -0.541. The van der Waals surface area contributed by atoms with Gasteiger partial charge in [-0.15, -0.1) is 0 Å². The number of H-pyrrole nitrogens is 1. The lowest BCUT2D eigenvalue weighted by atomic mass is 10.1. The zero-order valence-corrected chi connectivity index (χ0v) is 15.7. The van der Waals surface area contributed by atoms with Gasteiger partial charge in [0.15, 0.2) is 5.72 Å². The fraction of sp³-hybridized carbons (Fsp3) is 0.278. The van der Waals surface area contributed by atoms with E-state index in [1.165, 1.54) is 27.9 Å². The zero-order valence-electron chi connectivity index (χ0n) is 14.1. The summed E-state index contributed by atoms with van der Waals surface area (Å²) in [7, 11) is 0. The van der Waals surface area contributed by atoms with Crippen LogP contribution < -0.4 is 11.2 Å². The van der Waals surface area contributed by atoms with E-state index < -0.39 is 35.2 Å². The van der Waals surface area contributed by atoms with Crippen LogP contribution in [0.5, 0.6) is 0 Å². The zero-order chi connectivity index (χ0) is 19.4. The average Bonchev–Trinajstić information content (AvgIpc) is 2.97.